The normalized spacial score (nSPS) is 11.8. The zero-order valence-corrected chi connectivity index (χ0v) is 20.3. The van der Waals surface area contributed by atoms with Crippen molar-refractivity contribution < 1.29 is 9.59 Å². The topological polar surface area (TPSA) is 49.4 Å². The number of nitrogens with one attached hydrogen (secondary N) is 1. The summed E-state index contributed by atoms with van der Waals surface area (Å²) in [7, 11) is 0. The Hall–Kier alpha value is -2.82. The first-order valence-corrected chi connectivity index (χ1v) is 11.7. The van der Waals surface area contributed by atoms with Gasteiger partial charge in [-0.25, -0.2) is 0 Å². The van der Waals surface area contributed by atoms with E-state index in [1.54, 1.807) is 23.1 Å². The van der Waals surface area contributed by atoms with Crippen molar-refractivity contribution in [2.24, 2.45) is 0 Å². The van der Waals surface area contributed by atoms with E-state index >= 15 is 0 Å². The van der Waals surface area contributed by atoms with Crippen LogP contribution in [0.2, 0.25) is 10.0 Å². The van der Waals surface area contributed by atoms with Crippen molar-refractivity contribution in [3.05, 3.63) is 106 Å². The molecular weight excluding hydrogens is 455 g/mol. The zero-order valence-electron chi connectivity index (χ0n) is 18.8. The summed E-state index contributed by atoms with van der Waals surface area (Å²) in [5.41, 5.74) is 2.69. The predicted octanol–water partition coefficient (Wildman–Crippen LogP) is 5.70. The van der Waals surface area contributed by atoms with Crippen LogP contribution in [0.25, 0.3) is 0 Å². The molecule has 1 atom stereocenters. The average molecular weight is 483 g/mol. The Bertz CT molecular complexity index is 1070. The van der Waals surface area contributed by atoms with Gasteiger partial charge in [0.15, 0.2) is 0 Å². The molecule has 172 valence electrons. The molecule has 3 rings (SSSR count). The lowest BCUT2D eigenvalue weighted by Crippen LogP contribution is -2.52. The molecule has 0 aromatic heterocycles. The summed E-state index contributed by atoms with van der Waals surface area (Å²) in [5.74, 6) is -0.329. The number of nitrogens with zero attached hydrogens (tertiary/aromatic N) is 1. The third kappa shape index (κ3) is 7.34. The fourth-order valence-corrected chi connectivity index (χ4v) is 3.96. The van der Waals surface area contributed by atoms with E-state index in [-0.39, 0.29) is 24.3 Å². The smallest absolute Gasteiger partial charge is 0.243 e. The van der Waals surface area contributed by atoms with Crippen LogP contribution < -0.4 is 5.32 Å². The molecule has 0 heterocycles. The lowest BCUT2D eigenvalue weighted by atomic mass is 10.0. The molecule has 4 nitrogen and oxygen atoms in total. The highest BCUT2D eigenvalue weighted by Gasteiger charge is 2.30. The SMILES string of the molecule is CC(C)NC(=O)C(Cc1ccccc1)N(Cc1ccccc1)C(=O)Cc1ccc(Cl)c(Cl)c1. The van der Waals surface area contributed by atoms with Gasteiger partial charge < -0.3 is 10.2 Å². The highest BCUT2D eigenvalue weighted by atomic mass is 35.5. The Labute approximate surface area is 205 Å². The maximum absolute atomic E-state index is 13.6. The van der Waals surface area contributed by atoms with Gasteiger partial charge in [-0.2, -0.15) is 0 Å². The van der Waals surface area contributed by atoms with Crippen molar-refractivity contribution in [1.82, 2.24) is 10.2 Å². The molecule has 6 heteroatoms. The molecule has 0 aliphatic carbocycles. The third-order valence-electron chi connectivity index (χ3n) is 5.24. The number of carbonyl (C=O) groups is 2. The van der Waals surface area contributed by atoms with Crippen LogP contribution in [0, 0.1) is 0 Å². The van der Waals surface area contributed by atoms with E-state index in [0.717, 1.165) is 16.7 Å². The first-order valence-electron chi connectivity index (χ1n) is 10.9. The molecule has 0 aliphatic rings. The van der Waals surface area contributed by atoms with Crippen LogP contribution in [0.4, 0.5) is 0 Å². The van der Waals surface area contributed by atoms with Gasteiger partial charge in [-0.15, -0.1) is 0 Å². The monoisotopic (exact) mass is 482 g/mol. The van der Waals surface area contributed by atoms with E-state index in [0.29, 0.717) is 23.0 Å². The van der Waals surface area contributed by atoms with Crippen molar-refractivity contribution >= 4 is 35.0 Å². The maximum atomic E-state index is 13.6. The fraction of sp³-hybridized carbons (Fsp3) is 0.259. The molecule has 3 aromatic rings. The number of carbonyl (C=O) groups excluding carboxylic acids is 2. The van der Waals surface area contributed by atoms with Crippen LogP contribution >= 0.6 is 23.2 Å². The molecule has 0 bridgehead atoms. The molecule has 33 heavy (non-hydrogen) atoms. The number of benzene rings is 3. The standard InChI is InChI=1S/C27H28Cl2N2O2/c1-19(2)30-27(33)25(16-20-9-5-3-6-10-20)31(18-21-11-7-4-8-12-21)26(32)17-22-13-14-23(28)24(29)15-22/h3-15,19,25H,16-18H2,1-2H3,(H,30,33). The second kappa shape index (κ2) is 11.9. The molecule has 0 saturated carbocycles. The number of hydrogen-bond acceptors (Lipinski definition) is 2. The number of hydrogen-bond donors (Lipinski definition) is 1. The summed E-state index contributed by atoms with van der Waals surface area (Å²) < 4.78 is 0. The van der Waals surface area contributed by atoms with Gasteiger partial charge >= 0.3 is 0 Å². The van der Waals surface area contributed by atoms with E-state index in [1.165, 1.54) is 0 Å². The maximum Gasteiger partial charge on any atom is 0.243 e. The van der Waals surface area contributed by atoms with Crippen LogP contribution in [-0.2, 0) is 29.0 Å². The van der Waals surface area contributed by atoms with E-state index in [1.807, 2.05) is 74.5 Å². The second-order valence-corrected chi connectivity index (χ2v) is 9.12. The lowest BCUT2D eigenvalue weighted by molar-refractivity contribution is -0.141. The summed E-state index contributed by atoms with van der Waals surface area (Å²) in [6, 6.07) is 23.9. The van der Waals surface area contributed by atoms with E-state index in [4.69, 9.17) is 23.2 Å². The van der Waals surface area contributed by atoms with Crippen molar-refractivity contribution in [1.29, 1.82) is 0 Å². The fourth-order valence-electron chi connectivity index (χ4n) is 3.64. The van der Waals surface area contributed by atoms with Crippen LogP contribution in [0.5, 0.6) is 0 Å². The lowest BCUT2D eigenvalue weighted by Gasteiger charge is -2.32. The van der Waals surface area contributed by atoms with Gasteiger partial charge in [-0.1, -0.05) is 89.9 Å². The molecule has 1 N–H and O–H groups in total. The Kier molecular flexibility index (Phi) is 8.93. The average Bonchev–Trinajstić information content (AvgIpc) is 2.79. The Morgan fingerprint density at radius 2 is 1.42 bits per heavy atom. The summed E-state index contributed by atoms with van der Waals surface area (Å²) in [4.78, 5) is 28.6. The van der Waals surface area contributed by atoms with Gasteiger partial charge in [0, 0.05) is 19.0 Å². The number of amides is 2. The molecule has 0 aliphatic heterocycles. The van der Waals surface area contributed by atoms with Gasteiger partial charge in [0.2, 0.25) is 11.8 Å². The first kappa shape index (κ1) is 24.8. The van der Waals surface area contributed by atoms with Crippen LogP contribution in [0.15, 0.2) is 78.9 Å². The van der Waals surface area contributed by atoms with Gasteiger partial charge in [-0.3, -0.25) is 9.59 Å². The summed E-state index contributed by atoms with van der Waals surface area (Å²) in [5, 5.41) is 3.83. The van der Waals surface area contributed by atoms with Crippen LogP contribution in [0.3, 0.4) is 0 Å². The molecule has 0 spiro atoms. The minimum absolute atomic E-state index is 0.0421. The van der Waals surface area contributed by atoms with Gasteiger partial charge in [0.1, 0.15) is 6.04 Å². The van der Waals surface area contributed by atoms with E-state index in [9.17, 15) is 9.59 Å². The quantitative estimate of drug-likeness (QED) is 0.425. The third-order valence-corrected chi connectivity index (χ3v) is 5.98. The van der Waals surface area contributed by atoms with Crippen molar-refractivity contribution in [3.63, 3.8) is 0 Å². The molecule has 0 fully saturated rings. The van der Waals surface area contributed by atoms with Gasteiger partial charge in [-0.05, 0) is 42.7 Å². The predicted molar refractivity (Wildman–Crippen MR) is 134 cm³/mol. The molecule has 2 amide bonds. The number of rotatable bonds is 9. The minimum Gasteiger partial charge on any atom is -0.352 e. The molecule has 3 aromatic carbocycles. The van der Waals surface area contributed by atoms with Crippen molar-refractivity contribution in [2.75, 3.05) is 0 Å². The first-order chi connectivity index (χ1) is 15.8. The molecular formula is C27H28Cl2N2O2. The minimum atomic E-state index is -0.662. The summed E-state index contributed by atoms with van der Waals surface area (Å²) in [6.45, 7) is 4.15. The van der Waals surface area contributed by atoms with E-state index in [2.05, 4.69) is 5.32 Å². The van der Waals surface area contributed by atoms with Crippen molar-refractivity contribution in [3.8, 4) is 0 Å². The Morgan fingerprint density at radius 3 is 2.00 bits per heavy atom. The van der Waals surface area contributed by atoms with Gasteiger partial charge in [0.25, 0.3) is 0 Å². The van der Waals surface area contributed by atoms with Crippen LogP contribution in [-0.4, -0.2) is 28.8 Å². The largest absolute Gasteiger partial charge is 0.352 e. The Balaban J connectivity index is 1.95. The summed E-state index contributed by atoms with van der Waals surface area (Å²) >= 11 is 12.2. The van der Waals surface area contributed by atoms with Crippen molar-refractivity contribution in [2.45, 2.75) is 45.3 Å². The summed E-state index contributed by atoms with van der Waals surface area (Å²) in [6.07, 6.45) is 0.531. The van der Waals surface area contributed by atoms with Gasteiger partial charge in [0.05, 0.1) is 16.5 Å². The number of halogens is 2. The molecule has 0 radical (unpaired) electrons. The van der Waals surface area contributed by atoms with E-state index < -0.39 is 6.04 Å². The molecule has 0 saturated heterocycles. The molecule has 1 unspecified atom stereocenters. The second-order valence-electron chi connectivity index (χ2n) is 8.30. The zero-order chi connectivity index (χ0) is 23.8. The highest BCUT2D eigenvalue weighted by Crippen LogP contribution is 2.24. The Morgan fingerprint density at radius 1 is 0.818 bits per heavy atom. The van der Waals surface area contributed by atoms with Crippen LogP contribution in [0.1, 0.15) is 30.5 Å². The highest BCUT2D eigenvalue weighted by molar-refractivity contribution is 6.42.